The number of fused-ring (bicyclic) bond motifs is 1. The van der Waals surface area contributed by atoms with Crippen LogP contribution in [0.15, 0.2) is 42.7 Å². The quantitative estimate of drug-likeness (QED) is 0.647. The largest absolute Gasteiger partial charge is 0.491 e. The highest BCUT2D eigenvalue weighted by Gasteiger charge is 2.27. The van der Waals surface area contributed by atoms with Crippen LogP contribution in [0.25, 0.3) is 0 Å². The molecule has 0 atom stereocenters. The molecule has 5 heteroatoms. The molecule has 1 N–H and O–H groups in total. The van der Waals surface area contributed by atoms with E-state index in [2.05, 4.69) is 4.98 Å². The minimum Gasteiger partial charge on any atom is -0.423 e. The second-order valence-corrected chi connectivity index (χ2v) is 4.54. The van der Waals surface area contributed by atoms with E-state index in [0.29, 0.717) is 18.6 Å². The summed E-state index contributed by atoms with van der Waals surface area (Å²) in [6.45, 7) is 0.424. The molecule has 0 spiro atoms. The first-order valence-electron chi connectivity index (χ1n) is 6.08. The molecular weight excluding hydrogens is 241 g/mol. The normalized spacial score (nSPS) is 13.4. The number of carbonyl (C=O) groups excluding carboxylic acids is 1. The number of nitrogens with zero attached hydrogens (tertiary/aromatic N) is 1. The number of carbonyl (C=O) groups is 1. The first-order chi connectivity index (χ1) is 9.24. The second kappa shape index (κ2) is 4.95. The van der Waals surface area contributed by atoms with Crippen molar-refractivity contribution in [3.05, 3.63) is 59.4 Å². The van der Waals surface area contributed by atoms with Gasteiger partial charge < -0.3 is 9.68 Å². The van der Waals surface area contributed by atoms with Crippen LogP contribution in [0.5, 0.6) is 0 Å². The van der Waals surface area contributed by atoms with Gasteiger partial charge in [0.2, 0.25) is 0 Å². The molecule has 94 valence electrons. The van der Waals surface area contributed by atoms with Crippen LogP contribution in [0.2, 0.25) is 0 Å². The average molecular weight is 253 g/mol. The fourth-order valence-corrected chi connectivity index (χ4v) is 2.19. The summed E-state index contributed by atoms with van der Waals surface area (Å²) in [6, 6.07) is 9.13. The van der Waals surface area contributed by atoms with Crippen molar-refractivity contribution in [2.45, 2.75) is 13.0 Å². The molecule has 3 rings (SSSR count). The summed E-state index contributed by atoms with van der Waals surface area (Å²) in [7, 11) is -0.872. The van der Waals surface area contributed by atoms with E-state index in [-0.39, 0.29) is 5.78 Å². The highest BCUT2D eigenvalue weighted by atomic mass is 16.5. The molecule has 4 nitrogen and oxygen atoms in total. The first kappa shape index (κ1) is 12.1. The van der Waals surface area contributed by atoms with E-state index in [9.17, 15) is 9.82 Å². The maximum Gasteiger partial charge on any atom is 0.491 e. The minimum absolute atomic E-state index is 0.0152. The number of benzene rings is 1. The molecule has 0 amide bonds. The van der Waals surface area contributed by atoms with E-state index in [1.165, 1.54) is 0 Å². The number of pyridine rings is 1. The topological polar surface area (TPSA) is 59.4 Å². The smallest absolute Gasteiger partial charge is 0.423 e. The van der Waals surface area contributed by atoms with Crippen molar-refractivity contribution in [3.8, 4) is 0 Å². The van der Waals surface area contributed by atoms with Gasteiger partial charge in [-0.25, -0.2) is 0 Å². The lowest BCUT2D eigenvalue weighted by Crippen LogP contribution is -2.28. The van der Waals surface area contributed by atoms with Crippen molar-refractivity contribution in [3.63, 3.8) is 0 Å². The van der Waals surface area contributed by atoms with Gasteiger partial charge in [-0.3, -0.25) is 9.78 Å². The Morgan fingerprint density at radius 2 is 2.32 bits per heavy atom. The summed E-state index contributed by atoms with van der Waals surface area (Å²) < 4.78 is 5.13. The zero-order chi connectivity index (χ0) is 13.2. The average Bonchev–Trinajstić information content (AvgIpc) is 2.81. The molecule has 19 heavy (non-hydrogen) atoms. The van der Waals surface area contributed by atoms with Gasteiger partial charge >= 0.3 is 7.12 Å². The molecule has 0 fully saturated rings. The Bertz CT molecular complexity index is 615. The van der Waals surface area contributed by atoms with Crippen molar-refractivity contribution >= 4 is 18.4 Å². The van der Waals surface area contributed by atoms with Crippen molar-refractivity contribution in [2.75, 3.05) is 0 Å². The van der Waals surface area contributed by atoms with Crippen LogP contribution in [0, 0.1) is 0 Å². The van der Waals surface area contributed by atoms with Gasteiger partial charge in [0, 0.05) is 24.4 Å². The van der Waals surface area contributed by atoms with E-state index in [0.717, 1.165) is 16.6 Å². The lowest BCUT2D eigenvalue weighted by atomic mass is 9.78. The lowest BCUT2D eigenvalue weighted by molar-refractivity contribution is 0.0992. The molecule has 1 aliphatic heterocycles. The Hall–Kier alpha value is -1.98. The maximum atomic E-state index is 12.1. The van der Waals surface area contributed by atoms with E-state index >= 15 is 0 Å². The number of aromatic nitrogens is 1. The Morgan fingerprint density at radius 1 is 1.42 bits per heavy atom. The van der Waals surface area contributed by atoms with Gasteiger partial charge in [0.1, 0.15) is 0 Å². The maximum absolute atomic E-state index is 12.1. The third kappa shape index (κ3) is 2.43. The van der Waals surface area contributed by atoms with Gasteiger partial charge in [0.15, 0.2) is 5.78 Å². The highest BCUT2D eigenvalue weighted by molar-refractivity contribution is 6.61. The second-order valence-electron chi connectivity index (χ2n) is 4.54. The van der Waals surface area contributed by atoms with E-state index in [1.54, 1.807) is 24.5 Å². The third-order valence-electron chi connectivity index (χ3n) is 3.22. The molecule has 1 aromatic carbocycles. The number of hydrogen-bond acceptors (Lipinski definition) is 4. The van der Waals surface area contributed by atoms with Crippen LogP contribution in [0.4, 0.5) is 0 Å². The Kier molecular flexibility index (Phi) is 3.15. The third-order valence-corrected chi connectivity index (χ3v) is 3.22. The van der Waals surface area contributed by atoms with Crippen LogP contribution in [0.1, 0.15) is 21.5 Å². The molecule has 0 radical (unpaired) electrons. The number of hydrogen-bond donors (Lipinski definition) is 1. The summed E-state index contributed by atoms with van der Waals surface area (Å²) in [5.74, 6) is 0.0152. The monoisotopic (exact) mass is 253 g/mol. The molecule has 0 unspecified atom stereocenters. The van der Waals surface area contributed by atoms with Crippen LogP contribution >= 0.6 is 0 Å². The van der Waals surface area contributed by atoms with Crippen molar-refractivity contribution in [1.29, 1.82) is 0 Å². The Balaban J connectivity index is 1.81. The molecule has 0 saturated carbocycles. The summed E-state index contributed by atoms with van der Waals surface area (Å²) in [4.78, 5) is 16.0. The molecular formula is C14H12BNO3. The molecule has 1 aromatic heterocycles. The van der Waals surface area contributed by atoms with Gasteiger partial charge in [-0.05, 0) is 28.7 Å². The Labute approximate surface area is 111 Å². The minimum atomic E-state index is -0.872. The molecule has 0 saturated heterocycles. The van der Waals surface area contributed by atoms with Crippen LogP contribution in [-0.4, -0.2) is 22.9 Å². The van der Waals surface area contributed by atoms with Crippen LogP contribution < -0.4 is 5.46 Å². The van der Waals surface area contributed by atoms with Gasteiger partial charge in [-0.2, -0.15) is 0 Å². The van der Waals surface area contributed by atoms with Crippen LogP contribution in [0.3, 0.4) is 0 Å². The summed E-state index contributed by atoms with van der Waals surface area (Å²) in [5.41, 5.74) is 3.21. The van der Waals surface area contributed by atoms with E-state index in [4.69, 9.17) is 4.65 Å². The van der Waals surface area contributed by atoms with E-state index < -0.39 is 7.12 Å². The van der Waals surface area contributed by atoms with Gasteiger partial charge in [-0.1, -0.05) is 18.2 Å². The fourth-order valence-electron chi connectivity index (χ4n) is 2.19. The van der Waals surface area contributed by atoms with Crippen molar-refractivity contribution in [1.82, 2.24) is 4.98 Å². The van der Waals surface area contributed by atoms with Gasteiger partial charge in [0.25, 0.3) is 0 Å². The predicted molar refractivity (Wildman–Crippen MR) is 71.1 cm³/mol. The molecule has 0 bridgehead atoms. The predicted octanol–water partition coefficient (Wildman–Crippen LogP) is 0.725. The highest BCUT2D eigenvalue weighted by Crippen LogP contribution is 2.13. The van der Waals surface area contributed by atoms with Gasteiger partial charge in [0.05, 0.1) is 6.61 Å². The zero-order valence-electron chi connectivity index (χ0n) is 10.2. The van der Waals surface area contributed by atoms with Crippen molar-refractivity contribution in [2.24, 2.45) is 0 Å². The summed E-state index contributed by atoms with van der Waals surface area (Å²) in [5, 5.41) is 9.64. The SMILES string of the molecule is O=C(Cc1ccc2c(c1)B(O)OC2)c1cccnc1. The van der Waals surface area contributed by atoms with Gasteiger partial charge in [-0.15, -0.1) is 0 Å². The molecule has 0 aliphatic carbocycles. The van der Waals surface area contributed by atoms with Crippen molar-refractivity contribution < 1.29 is 14.5 Å². The van der Waals surface area contributed by atoms with Crippen LogP contribution in [-0.2, 0) is 17.7 Å². The number of rotatable bonds is 3. The van der Waals surface area contributed by atoms with E-state index in [1.807, 2.05) is 18.2 Å². The molecule has 1 aliphatic rings. The lowest BCUT2D eigenvalue weighted by Gasteiger charge is -2.04. The Morgan fingerprint density at radius 3 is 3.11 bits per heavy atom. The molecule has 2 aromatic rings. The first-order valence-corrected chi connectivity index (χ1v) is 6.08. The summed E-state index contributed by atoms with van der Waals surface area (Å²) in [6.07, 6.45) is 3.50. The fraction of sp³-hybridized carbons (Fsp3) is 0.143. The molecule has 2 heterocycles. The summed E-state index contributed by atoms with van der Waals surface area (Å²) >= 11 is 0. The zero-order valence-corrected chi connectivity index (χ0v) is 10.2. The number of ketones is 1. The number of Topliss-reactive ketones (excluding diaryl/α,β-unsaturated/α-hetero) is 1. The standard InChI is InChI=1S/C14H12BNO3/c17-14(11-2-1-5-16-8-11)7-10-3-4-12-9-19-15(18)13(12)6-10/h1-6,8,18H,7,9H2.